The Hall–Kier alpha value is -2.70. The fourth-order valence-corrected chi connectivity index (χ4v) is 2.32. The zero-order chi connectivity index (χ0) is 16.9. The number of hydrogen-bond acceptors (Lipinski definition) is 6. The highest BCUT2D eigenvalue weighted by Gasteiger charge is 2.28. The zero-order valence-electron chi connectivity index (χ0n) is 14.0. The molecule has 1 aliphatic carbocycles. The summed E-state index contributed by atoms with van der Waals surface area (Å²) in [6.07, 6.45) is 3.80. The van der Waals surface area contributed by atoms with Crippen LogP contribution < -0.4 is 16.0 Å². The van der Waals surface area contributed by atoms with E-state index in [0.29, 0.717) is 24.7 Å². The SMILES string of the molecule is Cc1ccnc(Nc2cc(NCCNC(=O)C3CC3)nc(C)n2)c1. The van der Waals surface area contributed by atoms with E-state index in [4.69, 9.17) is 0 Å². The molecule has 0 saturated heterocycles. The molecule has 0 unspecified atom stereocenters. The van der Waals surface area contributed by atoms with Crippen LogP contribution in [0.25, 0.3) is 0 Å². The topological polar surface area (TPSA) is 91.8 Å². The van der Waals surface area contributed by atoms with Crippen molar-refractivity contribution in [3.8, 4) is 0 Å². The highest BCUT2D eigenvalue weighted by atomic mass is 16.2. The molecule has 0 aliphatic heterocycles. The summed E-state index contributed by atoms with van der Waals surface area (Å²) in [6, 6.07) is 5.73. The minimum Gasteiger partial charge on any atom is -0.368 e. The van der Waals surface area contributed by atoms with E-state index in [2.05, 4.69) is 30.9 Å². The lowest BCUT2D eigenvalue weighted by atomic mass is 10.3. The van der Waals surface area contributed by atoms with Crippen LogP contribution in [0.2, 0.25) is 0 Å². The molecule has 7 nitrogen and oxygen atoms in total. The Morgan fingerprint density at radius 1 is 1.12 bits per heavy atom. The minimum absolute atomic E-state index is 0.156. The molecule has 0 aromatic carbocycles. The Kier molecular flexibility index (Phi) is 4.88. The molecule has 1 amide bonds. The summed E-state index contributed by atoms with van der Waals surface area (Å²) in [5, 5.41) is 9.32. The lowest BCUT2D eigenvalue weighted by Gasteiger charge is -2.10. The van der Waals surface area contributed by atoms with Crippen LogP contribution in [0.1, 0.15) is 24.2 Å². The van der Waals surface area contributed by atoms with E-state index < -0.39 is 0 Å². The smallest absolute Gasteiger partial charge is 0.223 e. The molecule has 24 heavy (non-hydrogen) atoms. The van der Waals surface area contributed by atoms with Gasteiger partial charge < -0.3 is 16.0 Å². The van der Waals surface area contributed by atoms with Gasteiger partial charge in [0, 0.05) is 31.3 Å². The van der Waals surface area contributed by atoms with Gasteiger partial charge in [-0.05, 0) is 44.4 Å². The summed E-state index contributed by atoms with van der Waals surface area (Å²) in [5.41, 5.74) is 1.13. The van der Waals surface area contributed by atoms with Crippen LogP contribution >= 0.6 is 0 Å². The van der Waals surface area contributed by atoms with Gasteiger partial charge in [0.05, 0.1) is 0 Å². The summed E-state index contributed by atoms with van der Waals surface area (Å²) in [5.74, 6) is 3.21. The van der Waals surface area contributed by atoms with E-state index in [9.17, 15) is 4.79 Å². The Morgan fingerprint density at radius 2 is 1.92 bits per heavy atom. The van der Waals surface area contributed by atoms with E-state index in [1.165, 1.54) is 0 Å². The average Bonchev–Trinajstić information content (AvgIpc) is 3.36. The molecule has 2 aromatic rings. The van der Waals surface area contributed by atoms with Crippen LogP contribution in [0.4, 0.5) is 17.5 Å². The number of aromatic nitrogens is 3. The zero-order valence-corrected chi connectivity index (χ0v) is 14.0. The molecule has 0 atom stereocenters. The maximum absolute atomic E-state index is 11.6. The number of carbonyl (C=O) groups is 1. The normalized spacial score (nSPS) is 13.4. The third kappa shape index (κ3) is 4.65. The quantitative estimate of drug-likeness (QED) is 0.675. The minimum atomic E-state index is 0.156. The van der Waals surface area contributed by atoms with Crippen LogP contribution in [0.15, 0.2) is 24.4 Å². The molecule has 1 aliphatic rings. The summed E-state index contributed by atoms with van der Waals surface area (Å²) in [4.78, 5) is 24.6. The Morgan fingerprint density at radius 3 is 2.67 bits per heavy atom. The summed E-state index contributed by atoms with van der Waals surface area (Å²) < 4.78 is 0. The lowest BCUT2D eigenvalue weighted by Crippen LogP contribution is -2.30. The Labute approximate surface area is 141 Å². The van der Waals surface area contributed by atoms with Gasteiger partial charge in [-0.15, -0.1) is 0 Å². The van der Waals surface area contributed by atoms with Crippen molar-refractivity contribution < 1.29 is 4.79 Å². The molecule has 1 fully saturated rings. The van der Waals surface area contributed by atoms with Crippen molar-refractivity contribution in [2.24, 2.45) is 5.92 Å². The number of rotatable bonds is 7. The van der Waals surface area contributed by atoms with Gasteiger partial charge >= 0.3 is 0 Å². The van der Waals surface area contributed by atoms with Crippen molar-refractivity contribution in [2.45, 2.75) is 26.7 Å². The van der Waals surface area contributed by atoms with Crippen LogP contribution in [0.5, 0.6) is 0 Å². The molecule has 2 heterocycles. The van der Waals surface area contributed by atoms with Crippen LogP contribution in [0.3, 0.4) is 0 Å². The summed E-state index contributed by atoms with van der Waals surface area (Å²) in [6.45, 7) is 5.06. The van der Waals surface area contributed by atoms with Gasteiger partial charge in [0.2, 0.25) is 5.91 Å². The van der Waals surface area contributed by atoms with E-state index >= 15 is 0 Å². The fraction of sp³-hybridized carbons (Fsp3) is 0.412. The van der Waals surface area contributed by atoms with Gasteiger partial charge in [-0.25, -0.2) is 15.0 Å². The first kappa shape index (κ1) is 16.2. The lowest BCUT2D eigenvalue weighted by molar-refractivity contribution is -0.122. The van der Waals surface area contributed by atoms with Gasteiger partial charge in [-0.1, -0.05) is 0 Å². The molecule has 0 spiro atoms. The number of nitrogens with one attached hydrogen (secondary N) is 3. The predicted octanol–water partition coefficient (Wildman–Crippen LogP) is 2.17. The number of anilines is 3. The molecule has 0 radical (unpaired) electrons. The third-order valence-corrected chi connectivity index (χ3v) is 3.69. The van der Waals surface area contributed by atoms with Gasteiger partial charge in [0.15, 0.2) is 0 Å². The maximum atomic E-state index is 11.6. The molecule has 1 saturated carbocycles. The molecule has 2 aromatic heterocycles. The van der Waals surface area contributed by atoms with Gasteiger partial charge in [0.25, 0.3) is 0 Å². The maximum Gasteiger partial charge on any atom is 0.223 e. The summed E-state index contributed by atoms with van der Waals surface area (Å²) in [7, 11) is 0. The Bertz CT molecular complexity index is 729. The number of hydrogen-bond donors (Lipinski definition) is 3. The van der Waals surface area contributed by atoms with Crippen molar-refractivity contribution in [3.05, 3.63) is 35.8 Å². The number of nitrogens with zero attached hydrogens (tertiary/aromatic N) is 3. The van der Waals surface area contributed by atoms with Crippen molar-refractivity contribution in [1.82, 2.24) is 20.3 Å². The fourth-order valence-electron chi connectivity index (χ4n) is 2.32. The molecular weight excluding hydrogens is 304 g/mol. The van der Waals surface area contributed by atoms with Crippen LogP contribution in [0, 0.1) is 19.8 Å². The van der Waals surface area contributed by atoms with E-state index in [-0.39, 0.29) is 11.8 Å². The molecule has 0 bridgehead atoms. The van der Waals surface area contributed by atoms with Crippen molar-refractivity contribution in [3.63, 3.8) is 0 Å². The third-order valence-electron chi connectivity index (χ3n) is 3.69. The first-order chi connectivity index (χ1) is 11.6. The molecule has 7 heteroatoms. The first-order valence-electron chi connectivity index (χ1n) is 8.17. The van der Waals surface area contributed by atoms with Crippen molar-refractivity contribution in [2.75, 3.05) is 23.7 Å². The standard InChI is InChI=1S/C17H22N6O/c1-11-5-6-18-14(9-11)23-16-10-15(21-12(2)22-16)19-7-8-20-17(24)13-3-4-13/h5-6,9-10,13H,3-4,7-8H2,1-2H3,(H,20,24)(H2,18,19,21,22,23). The molecule has 126 valence electrons. The van der Waals surface area contributed by atoms with Crippen molar-refractivity contribution in [1.29, 1.82) is 0 Å². The molecule has 3 rings (SSSR count). The first-order valence-corrected chi connectivity index (χ1v) is 8.17. The highest BCUT2D eigenvalue weighted by molar-refractivity contribution is 5.80. The van der Waals surface area contributed by atoms with Crippen LogP contribution in [-0.2, 0) is 4.79 Å². The highest BCUT2D eigenvalue weighted by Crippen LogP contribution is 2.28. The monoisotopic (exact) mass is 326 g/mol. The van der Waals surface area contributed by atoms with Crippen molar-refractivity contribution >= 4 is 23.4 Å². The average molecular weight is 326 g/mol. The number of carbonyl (C=O) groups excluding carboxylic acids is 1. The number of amides is 1. The largest absolute Gasteiger partial charge is 0.368 e. The second-order valence-corrected chi connectivity index (χ2v) is 6.02. The van der Waals surface area contributed by atoms with Gasteiger partial charge in [-0.2, -0.15) is 0 Å². The Balaban J connectivity index is 1.55. The second kappa shape index (κ2) is 7.25. The van der Waals surface area contributed by atoms with Gasteiger partial charge in [-0.3, -0.25) is 4.79 Å². The number of aryl methyl sites for hydroxylation is 2. The van der Waals surface area contributed by atoms with Crippen LogP contribution in [-0.4, -0.2) is 33.9 Å². The predicted molar refractivity (Wildman–Crippen MR) is 93.2 cm³/mol. The van der Waals surface area contributed by atoms with E-state index in [1.54, 1.807) is 6.20 Å². The van der Waals surface area contributed by atoms with E-state index in [1.807, 2.05) is 32.0 Å². The van der Waals surface area contributed by atoms with Gasteiger partial charge in [0.1, 0.15) is 23.3 Å². The summed E-state index contributed by atoms with van der Waals surface area (Å²) >= 11 is 0. The molecule has 3 N–H and O–H groups in total. The molecular formula is C17H22N6O. The number of pyridine rings is 1. The van der Waals surface area contributed by atoms with E-state index in [0.717, 1.165) is 30.0 Å². The second-order valence-electron chi connectivity index (χ2n) is 6.02.